The number of carbonyl (C=O) groups is 1. The van der Waals surface area contributed by atoms with Crippen molar-refractivity contribution in [2.45, 2.75) is 13.0 Å². The van der Waals surface area contributed by atoms with Crippen LogP contribution in [0, 0.1) is 0 Å². The van der Waals surface area contributed by atoms with E-state index < -0.39 is 6.10 Å². The number of nitrogens with one attached hydrogen (secondary N) is 1. The fraction of sp³-hybridized carbons (Fsp3) is 0.118. The van der Waals surface area contributed by atoms with Crippen LogP contribution in [0.3, 0.4) is 0 Å². The minimum atomic E-state index is -0.691. The Morgan fingerprint density at radius 3 is 2.28 bits per heavy atom. The van der Waals surface area contributed by atoms with Crippen LogP contribution < -0.4 is 10.1 Å². The monoisotopic (exact) mass is 393 g/mol. The van der Waals surface area contributed by atoms with Gasteiger partial charge in [-0.3, -0.25) is 10.1 Å². The highest BCUT2D eigenvalue weighted by atomic mass is 35.5. The zero-order chi connectivity index (χ0) is 17.8. The van der Waals surface area contributed by atoms with Gasteiger partial charge in [-0.1, -0.05) is 46.7 Å². The second-order valence-electron chi connectivity index (χ2n) is 5.12. The lowest BCUT2D eigenvalue weighted by atomic mass is 10.2. The molecule has 1 amide bonds. The first kappa shape index (κ1) is 17.7. The minimum Gasteiger partial charge on any atom is -0.481 e. The lowest BCUT2D eigenvalue weighted by Crippen LogP contribution is -2.30. The number of anilines is 1. The van der Waals surface area contributed by atoms with Crippen molar-refractivity contribution in [3.8, 4) is 16.3 Å². The largest absolute Gasteiger partial charge is 0.481 e. The molecular weight excluding hydrogens is 381 g/mol. The van der Waals surface area contributed by atoms with E-state index in [0.717, 1.165) is 5.56 Å². The Bertz CT molecular complexity index is 866. The Morgan fingerprint density at radius 2 is 1.64 bits per heavy atom. The summed E-state index contributed by atoms with van der Waals surface area (Å²) in [5.41, 5.74) is 0.882. The van der Waals surface area contributed by atoms with E-state index in [-0.39, 0.29) is 5.91 Å². The predicted octanol–water partition coefficient (Wildman–Crippen LogP) is 4.92. The molecule has 0 aliphatic carbocycles. The van der Waals surface area contributed by atoms with Crippen LogP contribution in [0.2, 0.25) is 10.0 Å². The Balaban J connectivity index is 1.62. The summed E-state index contributed by atoms with van der Waals surface area (Å²) in [6.07, 6.45) is -0.691. The van der Waals surface area contributed by atoms with E-state index >= 15 is 0 Å². The first-order valence-corrected chi connectivity index (χ1v) is 8.91. The average Bonchev–Trinajstić information content (AvgIpc) is 3.06. The molecule has 0 radical (unpaired) electrons. The molecule has 3 aromatic rings. The van der Waals surface area contributed by atoms with Crippen molar-refractivity contribution in [2.24, 2.45) is 0 Å². The van der Waals surface area contributed by atoms with E-state index in [4.69, 9.17) is 27.9 Å². The SMILES string of the molecule is CC(Oc1ccc(Cl)cc1)C(=O)Nc1nnc(-c2ccc(Cl)cc2)s1. The number of halogens is 2. The number of hydrogen-bond donors (Lipinski definition) is 1. The number of rotatable bonds is 5. The molecule has 0 aliphatic heterocycles. The molecule has 0 saturated carbocycles. The van der Waals surface area contributed by atoms with Gasteiger partial charge in [-0.15, -0.1) is 10.2 Å². The first-order valence-electron chi connectivity index (χ1n) is 7.34. The highest BCUT2D eigenvalue weighted by Crippen LogP contribution is 2.27. The fourth-order valence-electron chi connectivity index (χ4n) is 1.96. The maximum atomic E-state index is 12.2. The summed E-state index contributed by atoms with van der Waals surface area (Å²) in [5, 5.41) is 13.1. The van der Waals surface area contributed by atoms with Gasteiger partial charge in [0.15, 0.2) is 6.10 Å². The number of ether oxygens (including phenoxy) is 1. The lowest BCUT2D eigenvalue weighted by molar-refractivity contribution is -0.122. The number of carbonyl (C=O) groups excluding carboxylic acids is 1. The molecule has 0 aliphatic rings. The van der Waals surface area contributed by atoms with Crippen molar-refractivity contribution < 1.29 is 9.53 Å². The van der Waals surface area contributed by atoms with E-state index in [1.54, 1.807) is 43.3 Å². The highest BCUT2D eigenvalue weighted by molar-refractivity contribution is 7.18. The zero-order valence-corrected chi connectivity index (χ0v) is 15.4. The Hall–Kier alpha value is -2.15. The van der Waals surface area contributed by atoms with Gasteiger partial charge in [0.05, 0.1) is 0 Å². The molecular formula is C17H13Cl2N3O2S. The van der Waals surface area contributed by atoms with E-state index in [0.29, 0.717) is 25.9 Å². The minimum absolute atomic E-state index is 0.311. The van der Waals surface area contributed by atoms with Gasteiger partial charge in [0.1, 0.15) is 10.8 Å². The van der Waals surface area contributed by atoms with Crippen LogP contribution in [0.15, 0.2) is 48.5 Å². The summed E-state index contributed by atoms with van der Waals surface area (Å²) in [5.74, 6) is 0.250. The summed E-state index contributed by atoms with van der Waals surface area (Å²) in [6.45, 7) is 1.66. The third kappa shape index (κ3) is 4.69. The Morgan fingerprint density at radius 1 is 1.04 bits per heavy atom. The van der Waals surface area contributed by atoms with Crippen LogP contribution in [0.1, 0.15) is 6.92 Å². The molecule has 5 nitrogen and oxygen atoms in total. The topological polar surface area (TPSA) is 64.1 Å². The van der Waals surface area contributed by atoms with Crippen molar-refractivity contribution in [3.63, 3.8) is 0 Å². The van der Waals surface area contributed by atoms with Crippen molar-refractivity contribution in [1.82, 2.24) is 10.2 Å². The van der Waals surface area contributed by atoms with Crippen LogP contribution in [0.4, 0.5) is 5.13 Å². The van der Waals surface area contributed by atoms with E-state index in [2.05, 4.69) is 15.5 Å². The van der Waals surface area contributed by atoms with Gasteiger partial charge in [-0.2, -0.15) is 0 Å². The second-order valence-corrected chi connectivity index (χ2v) is 6.97. The van der Waals surface area contributed by atoms with Gasteiger partial charge in [0.2, 0.25) is 5.13 Å². The Kier molecular flexibility index (Phi) is 5.53. The highest BCUT2D eigenvalue weighted by Gasteiger charge is 2.17. The molecule has 8 heteroatoms. The summed E-state index contributed by atoms with van der Waals surface area (Å²) in [4.78, 5) is 12.2. The third-order valence-electron chi connectivity index (χ3n) is 3.24. The molecule has 0 spiro atoms. The molecule has 25 heavy (non-hydrogen) atoms. The van der Waals surface area contributed by atoms with Crippen LogP contribution in [0.5, 0.6) is 5.75 Å². The molecule has 1 atom stereocenters. The normalized spacial score (nSPS) is 11.8. The quantitative estimate of drug-likeness (QED) is 0.667. The van der Waals surface area contributed by atoms with Crippen LogP contribution >= 0.6 is 34.5 Å². The van der Waals surface area contributed by atoms with Crippen LogP contribution in [-0.4, -0.2) is 22.2 Å². The maximum absolute atomic E-state index is 12.2. The third-order valence-corrected chi connectivity index (χ3v) is 4.63. The van der Waals surface area contributed by atoms with Gasteiger partial charge in [-0.25, -0.2) is 0 Å². The number of aromatic nitrogens is 2. The molecule has 2 aromatic carbocycles. The van der Waals surface area contributed by atoms with E-state index in [1.165, 1.54) is 11.3 Å². The van der Waals surface area contributed by atoms with Crippen molar-refractivity contribution in [2.75, 3.05) is 5.32 Å². The average molecular weight is 394 g/mol. The maximum Gasteiger partial charge on any atom is 0.266 e. The van der Waals surface area contributed by atoms with Gasteiger partial charge in [0, 0.05) is 15.6 Å². The van der Waals surface area contributed by atoms with Crippen molar-refractivity contribution >= 4 is 45.6 Å². The molecule has 0 fully saturated rings. The molecule has 0 saturated heterocycles. The van der Waals surface area contributed by atoms with E-state index in [1.807, 2.05) is 12.1 Å². The number of nitrogens with zero attached hydrogens (tertiary/aromatic N) is 2. The van der Waals surface area contributed by atoms with Gasteiger partial charge in [-0.05, 0) is 43.3 Å². The molecule has 1 unspecified atom stereocenters. The molecule has 128 valence electrons. The Labute approximate surface area is 158 Å². The van der Waals surface area contributed by atoms with Crippen molar-refractivity contribution in [3.05, 3.63) is 58.6 Å². The van der Waals surface area contributed by atoms with Gasteiger partial charge < -0.3 is 4.74 Å². The summed E-state index contributed by atoms with van der Waals surface area (Å²) >= 11 is 13.0. The van der Waals surface area contributed by atoms with Gasteiger partial charge in [0.25, 0.3) is 5.91 Å². The predicted molar refractivity (Wildman–Crippen MR) is 101 cm³/mol. The molecule has 3 rings (SSSR count). The first-order chi connectivity index (χ1) is 12.0. The lowest BCUT2D eigenvalue weighted by Gasteiger charge is -2.13. The number of benzene rings is 2. The van der Waals surface area contributed by atoms with Crippen LogP contribution in [-0.2, 0) is 4.79 Å². The fourth-order valence-corrected chi connectivity index (χ4v) is 2.96. The standard InChI is InChI=1S/C17H13Cl2N3O2S/c1-10(24-14-8-6-13(19)7-9-14)15(23)20-17-22-21-16(25-17)11-2-4-12(18)5-3-11/h2-10H,1H3,(H,20,22,23). The summed E-state index contributed by atoms with van der Waals surface area (Å²) < 4.78 is 5.58. The van der Waals surface area contributed by atoms with E-state index in [9.17, 15) is 4.79 Å². The second kappa shape index (κ2) is 7.82. The summed E-state index contributed by atoms with van der Waals surface area (Å²) in [6, 6.07) is 14.1. The van der Waals surface area contributed by atoms with Crippen molar-refractivity contribution in [1.29, 1.82) is 0 Å². The molecule has 1 aromatic heterocycles. The number of amides is 1. The smallest absolute Gasteiger partial charge is 0.266 e. The van der Waals surface area contributed by atoms with Gasteiger partial charge >= 0.3 is 0 Å². The molecule has 1 heterocycles. The summed E-state index contributed by atoms with van der Waals surface area (Å²) in [7, 11) is 0. The zero-order valence-electron chi connectivity index (χ0n) is 13.1. The van der Waals surface area contributed by atoms with Crippen LogP contribution in [0.25, 0.3) is 10.6 Å². The molecule has 0 bridgehead atoms. The number of hydrogen-bond acceptors (Lipinski definition) is 5. The molecule has 1 N–H and O–H groups in total.